The molecule has 5 heteroatoms. The van der Waals surface area contributed by atoms with Crippen molar-refractivity contribution in [3.63, 3.8) is 0 Å². The summed E-state index contributed by atoms with van der Waals surface area (Å²) in [5.41, 5.74) is 1.12. The van der Waals surface area contributed by atoms with Crippen LogP contribution in [0.5, 0.6) is 11.5 Å². The summed E-state index contributed by atoms with van der Waals surface area (Å²) in [5, 5.41) is 7.80. The van der Waals surface area contributed by atoms with Crippen molar-refractivity contribution < 1.29 is 9.47 Å². The van der Waals surface area contributed by atoms with Crippen LogP contribution in [0.15, 0.2) is 36.7 Å². The van der Waals surface area contributed by atoms with Crippen molar-refractivity contribution in [2.45, 2.75) is 32.5 Å². The van der Waals surface area contributed by atoms with Gasteiger partial charge < -0.3 is 14.8 Å². The largest absolute Gasteiger partial charge is 0.454 e. The third kappa shape index (κ3) is 2.49. The molecule has 0 fully saturated rings. The van der Waals surface area contributed by atoms with Crippen molar-refractivity contribution in [2.24, 2.45) is 0 Å². The highest BCUT2D eigenvalue weighted by Gasteiger charge is 2.19. The van der Waals surface area contributed by atoms with Crippen LogP contribution in [-0.2, 0) is 6.54 Å². The van der Waals surface area contributed by atoms with Crippen LogP contribution in [0, 0.1) is 0 Å². The Labute approximate surface area is 118 Å². The molecule has 2 unspecified atom stereocenters. The lowest BCUT2D eigenvalue weighted by atomic mass is 10.1. The first kappa shape index (κ1) is 13.0. The number of hydrogen-bond donors (Lipinski definition) is 1. The molecule has 0 saturated carbocycles. The summed E-state index contributed by atoms with van der Waals surface area (Å²) in [7, 11) is 0. The van der Waals surface area contributed by atoms with Crippen molar-refractivity contribution in [3.8, 4) is 11.5 Å². The van der Waals surface area contributed by atoms with Crippen molar-refractivity contribution in [1.82, 2.24) is 15.1 Å². The second kappa shape index (κ2) is 5.54. The topological polar surface area (TPSA) is 48.3 Å². The average Bonchev–Trinajstić information content (AvgIpc) is 3.14. The molecule has 0 saturated heterocycles. The highest BCUT2D eigenvalue weighted by Crippen LogP contribution is 2.35. The molecule has 2 aromatic rings. The van der Waals surface area contributed by atoms with E-state index in [4.69, 9.17) is 9.47 Å². The molecule has 0 radical (unpaired) electrons. The summed E-state index contributed by atoms with van der Waals surface area (Å²) in [6.07, 6.45) is 3.79. The molecule has 106 valence electrons. The van der Waals surface area contributed by atoms with E-state index in [2.05, 4.69) is 30.3 Å². The number of fused-ring (bicyclic) bond motifs is 1. The normalized spacial score (nSPS) is 16.1. The fraction of sp³-hybridized carbons (Fsp3) is 0.400. The molecule has 1 aromatic carbocycles. The first-order chi connectivity index (χ1) is 9.75. The number of hydrogen-bond acceptors (Lipinski definition) is 4. The zero-order valence-corrected chi connectivity index (χ0v) is 11.7. The molecule has 2 heterocycles. The summed E-state index contributed by atoms with van der Waals surface area (Å²) in [6.45, 7) is 5.37. The minimum Gasteiger partial charge on any atom is -0.454 e. The van der Waals surface area contributed by atoms with Gasteiger partial charge in [0.15, 0.2) is 11.5 Å². The maximum Gasteiger partial charge on any atom is 0.231 e. The summed E-state index contributed by atoms with van der Waals surface area (Å²) in [6, 6.07) is 8.52. The van der Waals surface area contributed by atoms with E-state index >= 15 is 0 Å². The average molecular weight is 273 g/mol. The molecule has 0 spiro atoms. The molecule has 0 amide bonds. The second-order valence-electron chi connectivity index (χ2n) is 5.05. The standard InChI is InChI=1S/C15H19N3O2/c1-11(12(2)18-8-4-7-17-18)16-9-13-5-3-6-14-15(13)20-10-19-14/h3-8,11-12,16H,9-10H2,1-2H3. The van der Waals surface area contributed by atoms with Gasteiger partial charge in [0, 0.05) is 30.5 Å². The molecule has 5 nitrogen and oxygen atoms in total. The van der Waals surface area contributed by atoms with Crippen molar-refractivity contribution in [1.29, 1.82) is 0 Å². The van der Waals surface area contributed by atoms with E-state index in [-0.39, 0.29) is 0 Å². The summed E-state index contributed by atoms with van der Waals surface area (Å²) in [5.74, 6) is 1.69. The monoisotopic (exact) mass is 273 g/mol. The van der Waals surface area contributed by atoms with E-state index in [1.807, 2.05) is 29.1 Å². The Morgan fingerprint density at radius 2 is 2.20 bits per heavy atom. The van der Waals surface area contributed by atoms with Crippen LogP contribution in [-0.4, -0.2) is 22.6 Å². The second-order valence-corrected chi connectivity index (χ2v) is 5.05. The maximum atomic E-state index is 5.51. The Balaban J connectivity index is 1.64. The highest BCUT2D eigenvalue weighted by molar-refractivity contribution is 5.48. The fourth-order valence-corrected chi connectivity index (χ4v) is 2.32. The van der Waals surface area contributed by atoms with Gasteiger partial charge in [-0.25, -0.2) is 0 Å². The predicted molar refractivity (Wildman–Crippen MR) is 75.8 cm³/mol. The SMILES string of the molecule is CC(NCc1cccc2c1OCO2)C(C)n1cccn1. The third-order valence-electron chi connectivity index (χ3n) is 3.76. The van der Waals surface area contributed by atoms with E-state index < -0.39 is 0 Å². The van der Waals surface area contributed by atoms with Crippen LogP contribution in [0.1, 0.15) is 25.5 Å². The number of rotatable bonds is 5. The number of aromatic nitrogens is 2. The van der Waals surface area contributed by atoms with Gasteiger partial charge in [-0.15, -0.1) is 0 Å². The van der Waals surface area contributed by atoms with Crippen LogP contribution < -0.4 is 14.8 Å². The van der Waals surface area contributed by atoms with E-state index in [0.717, 1.165) is 23.6 Å². The molecule has 3 rings (SSSR count). The van der Waals surface area contributed by atoms with Crippen LogP contribution in [0.2, 0.25) is 0 Å². The molecule has 1 aromatic heterocycles. The lowest BCUT2D eigenvalue weighted by Gasteiger charge is -2.22. The van der Waals surface area contributed by atoms with E-state index in [1.165, 1.54) is 0 Å². The molecule has 20 heavy (non-hydrogen) atoms. The molecule has 0 bridgehead atoms. The third-order valence-corrected chi connectivity index (χ3v) is 3.76. The van der Waals surface area contributed by atoms with Crippen molar-refractivity contribution in [3.05, 3.63) is 42.2 Å². The Hall–Kier alpha value is -2.01. The molecular weight excluding hydrogens is 254 g/mol. The maximum absolute atomic E-state index is 5.51. The summed E-state index contributed by atoms with van der Waals surface area (Å²) >= 11 is 0. The number of benzene rings is 1. The minimum atomic E-state index is 0.291. The minimum absolute atomic E-state index is 0.291. The Bertz CT molecular complexity index is 569. The lowest BCUT2D eigenvalue weighted by Crippen LogP contribution is -2.33. The van der Waals surface area contributed by atoms with Gasteiger partial charge in [-0.3, -0.25) is 4.68 Å². The van der Waals surface area contributed by atoms with Crippen LogP contribution in [0.4, 0.5) is 0 Å². The number of para-hydroxylation sites is 1. The highest BCUT2D eigenvalue weighted by atomic mass is 16.7. The smallest absolute Gasteiger partial charge is 0.231 e. The van der Waals surface area contributed by atoms with E-state index in [0.29, 0.717) is 18.9 Å². The first-order valence-electron chi connectivity index (χ1n) is 6.85. The molecule has 2 atom stereocenters. The molecule has 1 aliphatic rings. The predicted octanol–water partition coefficient (Wildman–Crippen LogP) is 2.35. The van der Waals surface area contributed by atoms with Gasteiger partial charge in [-0.1, -0.05) is 12.1 Å². The van der Waals surface area contributed by atoms with Crippen molar-refractivity contribution in [2.75, 3.05) is 6.79 Å². The van der Waals surface area contributed by atoms with Gasteiger partial charge in [-0.05, 0) is 26.0 Å². The summed E-state index contributed by atoms with van der Waals surface area (Å²) < 4.78 is 12.9. The van der Waals surface area contributed by atoms with Gasteiger partial charge >= 0.3 is 0 Å². The number of ether oxygens (including phenoxy) is 2. The zero-order chi connectivity index (χ0) is 13.9. The van der Waals surface area contributed by atoms with E-state index in [9.17, 15) is 0 Å². The number of nitrogens with one attached hydrogen (secondary N) is 1. The first-order valence-corrected chi connectivity index (χ1v) is 6.85. The molecular formula is C15H19N3O2. The van der Waals surface area contributed by atoms with Crippen LogP contribution in [0.25, 0.3) is 0 Å². The van der Waals surface area contributed by atoms with Gasteiger partial charge in [0.05, 0.1) is 6.04 Å². The Morgan fingerprint density at radius 1 is 1.30 bits per heavy atom. The number of nitrogens with zero attached hydrogens (tertiary/aromatic N) is 2. The quantitative estimate of drug-likeness (QED) is 0.908. The van der Waals surface area contributed by atoms with E-state index in [1.54, 1.807) is 6.20 Å². The van der Waals surface area contributed by atoms with Crippen LogP contribution >= 0.6 is 0 Å². The van der Waals surface area contributed by atoms with Gasteiger partial charge in [-0.2, -0.15) is 5.10 Å². The zero-order valence-electron chi connectivity index (χ0n) is 11.7. The lowest BCUT2D eigenvalue weighted by molar-refractivity contribution is 0.173. The van der Waals surface area contributed by atoms with Gasteiger partial charge in [0.25, 0.3) is 0 Å². The summed E-state index contributed by atoms with van der Waals surface area (Å²) in [4.78, 5) is 0. The van der Waals surface area contributed by atoms with Gasteiger partial charge in [0.1, 0.15) is 0 Å². The van der Waals surface area contributed by atoms with Crippen LogP contribution in [0.3, 0.4) is 0 Å². The fourth-order valence-electron chi connectivity index (χ4n) is 2.32. The van der Waals surface area contributed by atoms with Crippen molar-refractivity contribution >= 4 is 0 Å². The van der Waals surface area contributed by atoms with Gasteiger partial charge in [0.2, 0.25) is 6.79 Å². The molecule has 1 N–H and O–H groups in total. The molecule has 0 aliphatic carbocycles. The Kier molecular flexibility index (Phi) is 3.60. The Morgan fingerprint density at radius 3 is 3.00 bits per heavy atom. The molecule has 1 aliphatic heterocycles.